The molecule has 0 spiro atoms. The van der Waals surface area contributed by atoms with Crippen LogP contribution in [0.4, 0.5) is 5.69 Å². The molecule has 146 valence electrons. The smallest absolute Gasteiger partial charge is 0.241 e. The fraction of sp³-hybridized carbons (Fsp3) is 0.450. The van der Waals surface area contributed by atoms with E-state index in [4.69, 9.17) is 9.47 Å². The summed E-state index contributed by atoms with van der Waals surface area (Å²) in [6.45, 7) is 6.64. The quantitative estimate of drug-likeness (QED) is 0.789. The highest BCUT2D eigenvalue weighted by molar-refractivity contribution is 7.07. The van der Waals surface area contributed by atoms with Crippen LogP contribution < -0.4 is 14.8 Å². The Morgan fingerprint density at radius 2 is 1.96 bits per heavy atom. The van der Waals surface area contributed by atoms with Gasteiger partial charge in [0.1, 0.15) is 11.5 Å². The van der Waals surface area contributed by atoms with Gasteiger partial charge in [-0.1, -0.05) is 0 Å². The number of benzene rings is 1. The summed E-state index contributed by atoms with van der Waals surface area (Å²) in [5, 5.41) is 7.30. The van der Waals surface area contributed by atoms with Crippen LogP contribution in [0, 0.1) is 0 Å². The molecule has 27 heavy (non-hydrogen) atoms. The van der Waals surface area contributed by atoms with Crippen LogP contribution in [0.25, 0.3) is 0 Å². The second-order valence-corrected chi connectivity index (χ2v) is 7.46. The molecule has 7 heteroatoms. The van der Waals surface area contributed by atoms with Crippen LogP contribution >= 0.6 is 11.3 Å². The highest BCUT2D eigenvalue weighted by atomic mass is 32.1. The molecule has 1 amide bonds. The summed E-state index contributed by atoms with van der Waals surface area (Å²) in [5.41, 5.74) is 1.99. The molecule has 1 atom stereocenters. The number of amides is 1. The standard InChI is InChI=1S/C20H27N3O3S/c1-15(20(24)21-18-12-17(25-2)4-5-19(18)26-3)23-9-7-22(8-10-23)13-16-6-11-27-14-16/h4-6,11-12,14-15H,7-10,13H2,1-3H3,(H,21,24). The average Bonchev–Trinajstić information content (AvgIpc) is 3.21. The Kier molecular flexibility index (Phi) is 6.71. The second kappa shape index (κ2) is 9.21. The van der Waals surface area contributed by atoms with Gasteiger partial charge in [0, 0.05) is 38.8 Å². The Balaban J connectivity index is 1.55. The third kappa shape index (κ3) is 5.00. The maximum absolute atomic E-state index is 12.8. The number of piperazine rings is 1. The molecule has 1 saturated heterocycles. The molecule has 1 aliphatic heterocycles. The van der Waals surface area contributed by atoms with E-state index in [2.05, 4.69) is 31.9 Å². The van der Waals surface area contributed by atoms with Crippen molar-refractivity contribution in [1.29, 1.82) is 0 Å². The number of ether oxygens (including phenoxy) is 2. The Bertz CT molecular complexity index is 743. The molecule has 0 radical (unpaired) electrons. The molecule has 6 nitrogen and oxygen atoms in total. The molecule has 0 aliphatic carbocycles. The van der Waals surface area contributed by atoms with Crippen LogP contribution in [0.3, 0.4) is 0 Å². The molecule has 1 unspecified atom stereocenters. The number of hydrogen-bond acceptors (Lipinski definition) is 6. The number of methoxy groups -OCH3 is 2. The number of rotatable bonds is 7. The third-order valence-corrected chi connectivity index (χ3v) is 5.72. The molecule has 0 bridgehead atoms. The van der Waals surface area contributed by atoms with Gasteiger partial charge in [0.05, 0.1) is 25.9 Å². The zero-order chi connectivity index (χ0) is 19.2. The van der Waals surface area contributed by atoms with Crippen molar-refractivity contribution in [2.75, 3.05) is 45.7 Å². The van der Waals surface area contributed by atoms with Crippen molar-refractivity contribution in [1.82, 2.24) is 9.80 Å². The van der Waals surface area contributed by atoms with Crippen LogP contribution in [-0.4, -0.2) is 62.1 Å². The van der Waals surface area contributed by atoms with E-state index in [9.17, 15) is 4.79 Å². The normalized spacial score (nSPS) is 16.7. The summed E-state index contributed by atoms with van der Waals surface area (Å²) in [4.78, 5) is 17.4. The first-order valence-corrected chi connectivity index (χ1v) is 10.1. The highest BCUT2D eigenvalue weighted by Crippen LogP contribution is 2.29. The lowest BCUT2D eigenvalue weighted by atomic mass is 10.2. The van der Waals surface area contributed by atoms with Gasteiger partial charge in [-0.25, -0.2) is 0 Å². The zero-order valence-corrected chi connectivity index (χ0v) is 16.9. The number of nitrogens with zero attached hydrogens (tertiary/aromatic N) is 2. The minimum Gasteiger partial charge on any atom is -0.497 e. The Morgan fingerprint density at radius 3 is 2.59 bits per heavy atom. The fourth-order valence-electron chi connectivity index (χ4n) is 3.26. The van der Waals surface area contributed by atoms with Crippen LogP contribution in [0.5, 0.6) is 11.5 Å². The van der Waals surface area contributed by atoms with Crippen molar-refractivity contribution in [3.05, 3.63) is 40.6 Å². The van der Waals surface area contributed by atoms with Crippen molar-refractivity contribution in [2.24, 2.45) is 0 Å². The van der Waals surface area contributed by atoms with Gasteiger partial charge >= 0.3 is 0 Å². The minimum absolute atomic E-state index is 0.0344. The molecule has 1 aliphatic rings. The molecule has 3 rings (SSSR count). The zero-order valence-electron chi connectivity index (χ0n) is 16.1. The minimum atomic E-state index is -0.204. The van der Waals surface area contributed by atoms with E-state index in [0.717, 1.165) is 32.7 Å². The van der Waals surface area contributed by atoms with Gasteiger partial charge in [-0.3, -0.25) is 14.6 Å². The van der Waals surface area contributed by atoms with Gasteiger partial charge in [-0.05, 0) is 41.4 Å². The maximum Gasteiger partial charge on any atom is 0.241 e. The van der Waals surface area contributed by atoms with Crippen molar-refractivity contribution < 1.29 is 14.3 Å². The summed E-state index contributed by atoms with van der Waals surface area (Å²) in [6, 6.07) is 7.35. The Morgan fingerprint density at radius 1 is 1.19 bits per heavy atom. The molecule has 0 saturated carbocycles. The fourth-order valence-corrected chi connectivity index (χ4v) is 3.92. The van der Waals surface area contributed by atoms with Gasteiger partial charge in [0.2, 0.25) is 5.91 Å². The molecule has 1 aromatic heterocycles. The van der Waals surface area contributed by atoms with Crippen molar-refractivity contribution >= 4 is 22.9 Å². The van der Waals surface area contributed by atoms with E-state index in [1.807, 2.05) is 13.0 Å². The maximum atomic E-state index is 12.8. The van der Waals surface area contributed by atoms with E-state index in [0.29, 0.717) is 17.2 Å². The number of anilines is 1. The monoisotopic (exact) mass is 389 g/mol. The topological polar surface area (TPSA) is 54.0 Å². The van der Waals surface area contributed by atoms with Gasteiger partial charge in [0.25, 0.3) is 0 Å². The van der Waals surface area contributed by atoms with Crippen molar-refractivity contribution in [3.63, 3.8) is 0 Å². The SMILES string of the molecule is COc1ccc(OC)c(NC(=O)C(C)N2CCN(Cc3ccsc3)CC2)c1. The first-order valence-electron chi connectivity index (χ1n) is 9.11. The summed E-state index contributed by atoms with van der Waals surface area (Å²) in [5.74, 6) is 1.27. The number of hydrogen-bond donors (Lipinski definition) is 1. The Hall–Kier alpha value is -2.09. The number of carbonyl (C=O) groups excluding carboxylic acids is 1. The lowest BCUT2D eigenvalue weighted by Crippen LogP contribution is -2.52. The first kappa shape index (κ1) is 19.7. The molecular weight excluding hydrogens is 362 g/mol. The van der Waals surface area contributed by atoms with E-state index >= 15 is 0 Å². The van der Waals surface area contributed by atoms with Crippen LogP contribution in [0.2, 0.25) is 0 Å². The van der Waals surface area contributed by atoms with E-state index in [-0.39, 0.29) is 11.9 Å². The lowest BCUT2D eigenvalue weighted by Gasteiger charge is -2.37. The predicted octanol–water partition coefficient (Wildman–Crippen LogP) is 2.91. The average molecular weight is 390 g/mol. The molecule has 1 aromatic carbocycles. The number of thiophene rings is 1. The largest absolute Gasteiger partial charge is 0.497 e. The van der Waals surface area contributed by atoms with Crippen LogP contribution in [0.15, 0.2) is 35.0 Å². The summed E-state index contributed by atoms with van der Waals surface area (Å²) < 4.78 is 10.6. The molecule has 2 aromatic rings. The Labute approximate surface area is 164 Å². The van der Waals surface area contributed by atoms with Crippen molar-refractivity contribution in [3.8, 4) is 11.5 Å². The molecular formula is C20H27N3O3S. The third-order valence-electron chi connectivity index (χ3n) is 4.98. The summed E-state index contributed by atoms with van der Waals surface area (Å²) >= 11 is 1.73. The highest BCUT2D eigenvalue weighted by Gasteiger charge is 2.26. The molecule has 2 heterocycles. The van der Waals surface area contributed by atoms with E-state index in [1.165, 1.54) is 5.56 Å². The molecule has 1 N–H and O–H groups in total. The van der Waals surface area contributed by atoms with Gasteiger partial charge in [-0.15, -0.1) is 0 Å². The predicted molar refractivity (Wildman–Crippen MR) is 109 cm³/mol. The number of carbonyl (C=O) groups is 1. The van der Waals surface area contributed by atoms with Gasteiger partial charge < -0.3 is 14.8 Å². The molecule has 1 fully saturated rings. The van der Waals surface area contributed by atoms with Crippen LogP contribution in [0.1, 0.15) is 12.5 Å². The lowest BCUT2D eigenvalue weighted by molar-refractivity contribution is -0.121. The van der Waals surface area contributed by atoms with Gasteiger partial charge in [0.15, 0.2) is 0 Å². The second-order valence-electron chi connectivity index (χ2n) is 6.68. The van der Waals surface area contributed by atoms with Crippen molar-refractivity contribution in [2.45, 2.75) is 19.5 Å². The van der Waals surface area contributed by atoms with Crippen LogP contribution in [-0.2, 0) is 11.3 Å². The number of nitrogens with one attached hydrogen (secondary N) is 1. The first-order chi connectivity index (χ1) is 13.1. The van der Waals surface area contributed by atoms with E-state index in [1.54, 1.807) is 37.7 Å². The van der Waals surface area contributed by atoms with E-state index < -0.39 is 0 Å². The summed E-state index contributed by atoms with van der Waals surface area (Å²) in [7, 11) is 3.19. The summed E-state index contributed by atoms with van der Waals surface area (Å²) in [6.07, 6.45) is 0. The van der Waals surface area contributed by atoms with Gasteiger partial charge in [-0.2, -0.15) is 11.3 Å².